The second-order valence-electron chi connectivity index (χ2n) is 3.04. The van der Waals surface area contributed by atoms with Crippen LogP contribution in [0.4, 0.5) is 0 Å². The first kappa shape index (κ1) is 11.3. The van der Waals surface area contributed by atoms with Crippen molar-refractivity contribution in [1.82, 2.24) is 8.96 Å². The Balaban J connectivity index is 2.64. The minimum atomic E-state index is 0.754. The van der Waals surface area contributed by atoms with E-state index in [-0.39, 0.29) is 0 Å². The largest absolute Gasteiger partial charge is 0.266 e. The SMILES string of the molecule is C=CCc1cnc2c(ccn2SI)c1Cl. The van der Waals surface area contributed by atoms with Gasteiger partial charge in [-0.2, -0.15) is 0 Å². The monoisotopic (exact) mass is 350 g/mol. The molecule has 0 saturated carbocycles. The maximum Gasteiger partial charge on any atom is 0.152 e. The number of fused-ring (bicyclic) bond motifs is 1. The molecule has 2 rings (SSSR count). The van der Waals surface area contributed by atoms with Gasteiger partial charge < -0.3 is 0 Å². The Labute approximate surface area is 109 Å². The topological polar surface area (TPSA) is 17.8 Å². The molecular weight excluding hydrogens is 343 g/mol. The molecule has 0 aliphatic carbocycles. The summed E-state index contributed by atoms with van der Waals surface area (Å²) < 4.78 is 1.99. The summed E-state index contributed by atoms with van der Waals surface area (Å²) >= 11 is 8.49. The van der Waals surface area contributed by atoms with Crippen molar-refractivity contribution in [1.29, 1.82) is 0 Å². The minimum absolute atomic E-state index is 0.754. The molecule has 0 saturated heterocycles. The second-order valence-corrected chi connectivity index (χ2v) is 5.13. The summed E-state index contributed by atoms with van der Waals surface area (Å²) in [6, 6.07) is 1.99. The molecule has 15 heavy (non-hydrogen) atoms. The molecule has 0 radical (unpaired) electrons. The highest BCUT2D eigenvalue weighted by Crippen LogP contribution is 2.30. The summed E-state index contributed by atoms with van der Waals surface area (Å²) in [7, 11) is 1.58. The van der Waals surface area contributed by atoms with Crippen LogP contribution in [0, 0.1) is 0 Å². The number of halogens is 2. The van der Waals surface area contributed by atoms with Crippen LogP contribution in [0.5, 0.6) is 0 Å². The van der Waals surface area contributed by atoms with Crippen LogP contribution in [0.25, 0.3) is 11.0 Å². The maximum absolute atomic E-state index is 6.28. The molecule has 0 spiro atoms. The Kier molecular flexibility index (Phi) is 3.58. The van der Waals surface area contributed by atoms with Crippen LogP contribution in [0.2, 0.25) is 5.02 Å². The van der Waals surface area contributed by atoms with E-state index in [1.54, 1.807) is 9.12 Å². The van der Waals surface area contributed by atoms with Crippen LogP contribution in [-0.4, -0.2) is 8.96 Å². The summed E-state index contributed by atoms with van der Waals surface area (Å²) in [4.78, 5) is 4.40. The molecule has 0 N–H and O–H groups in total. The Bertz CT molecular complexity index is 509. The lowest BCUT2D eigenvalue weighted by Gasteiger charge is -2.02. The summed E-state index contributed by atoms with van der Waals surface area (Å²) in [6.45, 7) is 3.70. The van der Waals surface area contributed by atoms with Crippen LogP contribution in [0.3, 0.4) is 0 Å². The molecule has 0 unspecified atom stereocenters. The van der Waals surface area contributed by atoms with Crippen molar-refractivity contribution in [3.05, 3.63) is 41.7 Å². The third kappa shape index (κ3) is 2.03. The van der Waals surface area contributed by atoms with Crippen molar-refractivity contribution in [2.45, 2.75) is 6.42 Å². The lowest BCUT2D eigenvalue weighted by Crippen LogP contribution is -1.89. The van der Waals surface area contributed by atoms with E-state index in [0.717, 1.165) is 28.0 Å². The summed E-state index contributed by atoms with van der Waals surface area (Å²) in [6.07, 6.45) is 6.37. The smallest absolute Gasteiger partial charge is 0.152 e. The fourth-order valence-corrected chi connectivity index (χ4v) is 2.97. The third-order valence-corrected chi connectivity index (χ3v) is 4.29. The minimum Gasteiger partial charge on any atom is -0.266 e. The predicted molar refractivity (Wildman–Crippen MR) is 75.7 cm³/mol. The van der Waals surface area contributed by atoms with Gasteiger partial charge in [0.05, 0.1) is 5.02 Å². The number of pyridine rings is 1. The van der Waals surface area contributed by atoms with Crippen LogP contribution < -0.4 is 0 Å². The van der Waals surface area contributed by atoms with Crippen molar-refractivity contribution in [3.63, 3.8) is 0 Å². The van der Waals surface area contributed by atoms with E-state index in [0.29, 0.717) is 0 Å². The fraction of sp³-hybridized carbons (Fsp3) is 0.100. The molecule has 0 aromatic carbocycles. The van der Waals surface area contributed by atoms with Crippen molar-refractivity contribution >= 4 is 53.0 Å². The summed E-state index contributed by atoms with van der Waals surface area (Å²) in [5.41, 5.74) is 1.93. The average Bonchev–Trinajstić information content (AvgIpc) is 2.66. The van der Waals surface area contributed by atoms with E-state index in [4.69, 9.17) is 11.6 Å². The lowest BCUT2D eigenvalue weighted by molar-refractivity contribution is 1.20. The number of aromatic nitrogens is 2. The van der Waals surface area contributed by atoms with E-state index in [2.05, 4.69) is 32.8 Å². The number of hydrogen-bond acceptors (Lipinski definition) is 2. The second kappa shape index (κ2) is 4.76. The van der Waals surface area contributed by atoms with E-state index >= 15 is 0 Å². The Morgan fingerprint density at radius 2 is 2.47 bits per heavy atom. The molecule has 0 atom stereocenters. The van der Waals surface area contributed by atoms with E-state index in [1.165, 1.54) is 0 Å². The molecule has 78 valence electrons. The van der Waals surface area contributed by atoms with Crippen LogP contribution in [0.15, 0.2) is 31.1 Å². The summed E-state index contributed by atoms with van der Waals surface area (Å²) in [5, 5.41) is 1.78. The van der Waals surface area contributed by atoms with Gasteiger partial charge in [0, 0.05) is 48.1 Å². The maximum atomic E-state index is 6.28. The average molecular weight is 351 g/mol. The van der Waals surface area contributed by atoms with Gasteiger partial charge in [0.2, 0.25) is 0 Å². The molecule has 0 fully saturated rings. The Hall–Kier alpha value is -0.200. The molecule has 5 heteroatoms. The van der Waals surface area contributed by atoms with E-state index < -0.39 is 0 Å². The number of rotatable bonds is 3. The van der Waals surface area contributed by atoms with Crippen molar-refractivity contribution < 1.29 is 0 Å². The zero-order valence-electron chi connectivity index (χ0n) is 7.78. The van der Waals surface area contributed by atoms with Gasteiger partial charge in [-0.1, -0.05) is 17.7 Å². The summed E-state index contributed by atoms with van der Waals surface area (Å²) in [5.74, 6) is 0. The van der Waals surface area contributed by atoms with Gasteiger partial charge >= 0.3 is 0 Å². The highest BCUT2D eigenvalue weighted by molar-refractivity contribution is 14.2. The molecule has 0 aliphatic heterocycles. The first-order valence-corrected chi connectivity index (χ1v) is 8.01. The Morgan fingerprint density at radius 1 is 1.67 bits per heavy atom. The number of nitrogens with zero attached hydrogens (tertiary/aromatic N) is 2. The normalized spacial score (nSPS) is 10.8. The van der Waals surface area contributed by atoms with Crippen LogP contribution in [-0.2, 0) is 6.42 Å². The molecule has 0 aliphatic rings. The van der Waals surface area contributed by atoms with Gasteiger partial charge in [-0.05, 0) is 18.1 Å². The number of hydrogen-bond donors (Lipinski definition) is 0. The molecule has 0 amide bonds. The standard InChI is InChI=1S/C10H8ClIN2S/c1-2-3-7-6-13-10-8(9(7)11)4-5-14(10)15-12/h2,4-6H,1,3H2. The quantitative estimate of drug-likeness (QED) is 0.608. The molecule has 2 aromatic rings. The Morgan fingerprint density at radius 3 is 3.13 bits per heavy atom. The van der Waals surface area contributed by atoms with Gasteiger partial charge in [-0.25, -0.2) is 4.98 Å². The zero-order chi connectivity index (χ0) is 10.8. The number of allylic oxidation sites excluding steroid dienone is 1. The van der Waals surface area contributed by atoms with Gasteiger partial charge in [-0.15, -0.1) is 6.58 Å². The van der Waals surface area contributed by atoms with Crippen molar-refractivity contribution in [3.8, 4) is 0 Å². The first-order chi connectivity index (χ1) is 7.27. The zero-order valence-corrected chi connectivity index (χ0v) is 11.5. The van der Waals surface area contributed by atoms with Gasteiger partial charge in [0.25, 0.3) is 0 Å². The van der Waals surface area contributed by atoms with E-state index in [9.17, 15) is 0 Å². The van der Waals surface area contributed by atoms with E-state index in [1.807, 2.05) is 28.5 Å². The van der Waals surface area contributed by atoms with Gasteiger partial charge in [0.15, 0.2) is 5.65 Å². The first-order valence-electron chi connectivity index (χ1n) is 4.32. The lowest BCUT2D eigenvalue weighted by atomic mass is 10.2. The van der Waals surface area contributed by atoms with Gasteiger partial charge in [0.1, 0.15) is 0 Å². The molecule has 2 aromatic heterocycles. The molecule has 0 bridgehead atoms. The molecule has 2 heterocycles. The fourth-order valence-electron chi connectivity index (χ4n) is 1.43. The molecular formula is C10H8ClIN2S. The van der Waals surface area contributed by atoms with Gasteiger partial charge in [-0.3, -0.25) is 3.97 Å². The highest BCUT2D eigenvalue weighted by Gasteiger charge is 2.09. The predicted octanol–water partition coefficient (Wildman–Crippen LogP) is 4.26. The van der Waals surface area contributed by atoms with Crippen LogP contribution >= 0.6 is 41.9 Å². The van der Waals surface area contributed by atoms with Crippen molar-refractivity contribution in [2.24, 2.45) is 0 Å². The van der Waals surface area contributed by atoms with Crippen LogP contribution in [0.1, 0.15) is 5.56 Å². The third-order valence-electron chi connectivity index (χ3n) is 2.13. The highest BCUT2D eigenvalue weighted by atomic mass is 127. The van der Waals surface area contributed by atoms with Crippen molar-refractivity contribution in [2.75, 3.05) is 0 Å². The molecule has 2 nitrogen and oxygen atoms in total.